The number of alkyl halides is 2. The van der Waals surface area contributed by atoms with Crippen LogP contribution in [0.15, 0.2) is 36.4 Å². The van der Waals surface area contributed by atoms with Crippen molar-refractivity contribution >= 4 is 23.2 Å². The molecule has 3 rings (SSSR count). The summed E-state index contributed by atoms with van der Waals surface area (Å²) in [7, 11) is 0. The minimum Gasteiger partial charge on any atom is -0.314 e. The molecule has 126 valence electrons. The standard InChI is InChI=1S/C18H22F2N2.ClH/c1-13-6-7-16(15-5-3-2-4-14(13)15)17(12-18(19)20)22-10-8-21-9-11-22;/h2-7,17-18,21H,8-12H2,1H3;1H/t17-;/m1./s1. The first-order valence-corrected chi connectivity index (χ1v) is 7.88. The Morgan fingerprint density at radius 1 is 1.04 bits per heavy atom. The van der Waals surface area contributed by atoms with Gasteiger partial charge in [0.2, 0.25) is 6.43 Å². The summed E-state index contributed by atoms with van der Waals surface area (Å²) in [4.78, 5) is 2.19. The molecule has 1 N–H and O–H groups in total. The Morgan fingerprint density at radius 3 is 2.35 bits per heavy atom. The maximum absolute atomic E-state index is 13.2. The van der Waals surface area contributed by atoms with Gasteiger partial charge in [-0.2, -0.15) is 0 Å². The summed E-state index contributed by atoms with van der Waals surface area (Å²) >= 11 is 0. The lowest BCUT2D eigenvalue weighted by atomic mass is 9.93. The molecular weight excluding hydrogens is 318 g/mol. The van der Waals surface area contributed by atoms with Crippen LogP contribution in [0.3, 0.4) is 0 Å². The molecule has 0 spiro atoms. The van der Waals surface area contributed by atoms with Crippen molar-refractivity contribution in [2.75, 3.05) is 26.2 Å². The van der Waals surface area contributed by atoms with Gasteiger partial charge in [-0.25, -0.2) is 8.78 Å². The van der Waals surface area contributed by atoms with E-state index in [1.807, 2.05) is 18.2 Å². The average molecular weight is 341 g/mol. The molecule has 2 aromatic carbocycles. The summed E-state index contributed by atoms with van der Waals surface area (Å²) in [5, 5.41) is 5.56. The Morgan fingerprint density at radius 2 is 1.70 bits per heavy atom. The van der Waals surface area contributed by atoms with Crippen molar-refractivity contribution in [3.8, 4) is 0 Å². The number of hydrogen-bond donors (Lipinski definition) is 1. The van der Waals surface area contributed by atoms with Gasteiger partial charge < -0.3 is 5.32 Å². The van der Waals surface area contributed by atoms with Gasteiger partial charge in [-0.15, -0.1) is 12.4 Å². The number of benzene rings is 2. The van der Waals surface area contributed by atoms with E-state index in [0.29, 0.717) is 0 Å². The first-order valence-electron chi connectivity index (χ1n) is 7.88. The van der Waals surface area contributed by atoms with Crippen LogP contribution in [-0.4, -0.2) is 37.5 Å². The van der Waals surface area contributed by atoms with E-state index in [9.17, 15) is 8.78 Å². The predicted molar refractivity (Wildman–Crippen MR) is 93.7 cm³/mol. The Kier molecular flexibility index (Phi) is 6.33. The van der Waals surface area contributed by atoms with Crippen LogP contribution in [0.2, 0.25) is 0 Å². The average Bonchev–Trinajstić information content (AvgIpc) is 2.54. The van der Waals surface area contributed by atoms with E-state index in [2.05, 4.69) is 35.3 Å². The third-order valence-electron chi connectivity index (χ3n) is 4.53. The molecule has 1 atom stereocenters. The van der Waals surface area contributed by atoms with Gasteiger partial charge in [0.1, 0.15) is 0 Å². The van der Waals surface area contributed by atoms with E-state index >= 15 is 0 Å². The maximum Gasteiger partial charge on any atom is 0.240 e. The second-order valence-corrected chi connectivity index (χ2v) is 5.95. The highest BCUT2D eigenvalue weighted by molar-refractivity contribution is 5.88. The number of rotatable bonds is 4. The summed E-state index contributed by atoms with van der Waals surface area (Å²) in [5.41, 5.74) is 2.22. The van der Waals surface area contributed by atoms with Crippen LogP contribution in [0.25, 0.3) is 10.8 Å². The normalized spacial score (nSPS) is 17.2. The van der Waals surface area contributed by atoms with E-state index in [0.717, 1.165) is 42.5 Å². The van der Waals surface area contributed by atoms with Crippen LogP contribution in [0.5, 0.6) is 0 Å². The first kappa shape index (κ1) is 18.1. The SMILES string of the molecule is Cc1ccc([C@@H](CC(F)F)N2CCNCC2)c2ccccc12.Cl. The Labute approximate surface area is 142 Å². The topological polar surface area (TPSA) is 15.3 Å². The molecule has 23 heavy (non-hydrogen) atoms. The Bertz CT molecular complexity index is 642. The third kappa shape index (κ3) is 4.00. The van der Waals surface area contributed by atoms with Crippen LogP contribution in [0.4, 0.5) is 8.78 Å². The molecule has 2 aromatic rings. The van der Waals surface area contributed by atoms with Gasteiger partial charge in [-0.05, 0) is 28.8 Å². The quantitative estimate of drug-likeness (QED) is 0.898. The van der Waals surface area contributed by atoms with E-state index in [1.165, 1.54) is 5.56 Å². The van der Waals surface area contributed by atoms with Crippen molar-refractivity contribution in [2.24, 2.45) is 0 Å². The number of halogens is 3. The number of piperazine rings is 1. The van der Waals surface area contributed by atoms with Gasteiger partial charge in [0, 0.05) is 38.6 Å². The summed E-state index contributed by atoms with van der Waals surface area (Å²) < 4.78 is 26.3. The molecule has 0 saturated carbocycles. The van der Waals surface area contributed by atoms with E-state index in [-0.39, 0.29) is 24.9 Å². The zero-order valence-electron chi connectivity index (χ0n) is 13.3. The molecule has 0 radical (unpaired) electrons. The van der Waals surface area contributed by atoms with Gasteiger partial charge in [-0.1, -0.05) is 36.4 Å². The molecule has 2 nitrogen and oxygen atoms in total. The van der Waals surface area contributed by atoms with Crippen molar-refractivity contribution in [1.29, 1.82) is 0 Å². The summed E-state index contributed by atoms with van der Waals surface area (Å²) in [6.45, 7) is 5.44. The fraction of sp³-hybridized carbons (Fsp3) is 0.444. The number of fused-ring (bicyclic) bond motifs is 1. The Hall–Kier alpha value is -1.23. The number of aryl methyl sites for hydroxylation is 1. The van der Waals surface area contributed by atoms with Crippen molar-refractivity contribution < 1.29 is 8.78 Å². The maximum atomic E-state index is 13.2. The van der Waals surface area contributed by atoms with Gasteiger partial charge in [0.05, 0.1) is 0 Å². The monoisotopic (exact) mass is 340 g/mol. The van der Waals surface area contributed by atoms with Crippen LogP contribution < -0.4 is 5.32 Å². The van der Waals surface area contributed by atoms with E-state index in [1.54, 1.807) is 0 Å². The molecule has 0 bridgehead atoms. The minimum absolute atomic E-state index is 0. The van der Waals surface area contributed by atoms with Gasteiger partial charge in [0.15, 0.2) is 0 Å². The van der Waals surface area contributed by atoms with Crippen molar-refractivity contribution in [3.05, 3.63) is 47.5 Å². The molecule has 1 aliphatic heterocycles. The smallest absolute Gasteiger partial charge is 0.240 e. The number of hydrogen-bond acceptors (Lipinski definition) is 2. The van der Waals surface area contributed by atoms with Crippen LogP contribution in [-0.2, 0) is 0 Å². The van der Waals surface area contributed by atoms with Crippen LogP contribution in [0, 0.1) is 6.92 Å². The fourth-order valence-electron chi connectivity index (χ4n) is 3.40. The zero-order valence-corrected chi connectivity index (χ0v) is 14.1. The molecule has 1 fully saturated rings. The highest BCUT2D eigenvalue weighted by Gasteiger charge is 2.26. The highest BCUT2D eigenvalue weighted by atomic mass is 35.5. The van der Waals surface area contributed by atoms with Crippen molar-refractivity contribution in [2.45, 2.75) is 25.8 Å². The summed E-state index contributed by atoms with van der Waals surface area (Å²) in [6, 6.07) is 12.0. The first-order chi connectivity index (χ1) is 10.7. The number of nitrogens with one attached hydrogen (secondary N) is 1. The molecule has 0 unspecified atom stereocenters. The largest absolute Gasteiger partial charge is 0.314 e. The molecule has 1 heterocycles. The van der Waals surface area contributed by atoms with E-state index in [4.69, 9.17) is 0 Å². The second kappa shape index (κ2) is 8.04. The summed E-state index contributed by atoms with van der Waals surface area (Å²) in [6.07, 6.45) is -2.40. The minimum atomic E-state index is -2.29. The second-order valence-electron chi connectivity index (χ2n) is 5.95. The van der Waals surface area contributed by atoms with Gasteiger partial charge in [0.25, 0.3) is 0 Å². The summed E-state index contributed by atoms with van der Waals surface area (Å²) in [5.74, 6) is 0. The van der Waals surface area contributed by atoms with Crippen LogP contribution >= 0.6 is 12.4 Å². The molecule has 0 amide bonds. The zero-order chi connectivity index (χ0) is 15.5. The lowest BCUT2D eigenvalue weighted by molar-refractivity contribution is 0.0744. The molecule has 1 aliphatic rings. The molecular formula is C18H23ClF2N2. The van der Waals surface area contributed by atoms with Gasteiger partial charge >= 0.3 is 0 Å². The molecule has 0 aromatic heterocycles. The van der Waals surface area contributed by atoms with Crippen molar-refractivity contribution in [3.63, 3.8) is 0 Å². The lowest BCUT2D eigenvalue weighted by Gasteiger charge is -2.35. The van der Waals surface area contributed by atoms with Crippen LogP contribution in [0.1, 0.15) is 23.6 Å². The van der Waals surface area contributed by atoms with E-state index < -0.39 is 6.43 Å². The highest BCUT2D eigenvalue weighted by Crippen LogP contribution is 2.34. The van der Waals surface area contributed by atoms with Crippen molar-refractivity contribution in [1.82, 2.24) is 10.2 Å². The molecule has 5 heteroatoms. The molecule has 1 saturated heterocycles. The lowest BCUT2D eigenvalue weighted by Crippen LogP contribution is -2.45. The fourth-order valence-corrected chi connectivity index (χ4v) is 3.40. The number of nitrogens with zero attached hydrogens (tertiary/aromatic N) is 1. The Balaban J connectivity index is 0.00000192. The predicted octanol–water partition coefficient (Wildman–Crippen LogP) is 4.17. The third-order valence-corrected chi connectivity index (χ3v) is 4.53. The van der Waals surface area contributed by atoms with Gasteiger partial charge in [-0.3, -0.25) is 4.90 Å². The molecule has 0 aliphatic carbocycles.